The van der Waals surface area contributed by atoms with Gasteiger partial charge in [0, 0.05) is 12.6 Å². The smallest absolute Gasteiger partial charge is 0.174 e. The third kappa shape index (κ3) is 4.59. The van der Waals surface area contributed by atoms with Crippen molar-refractivity contribution in [1.82, 2.24) is 5.32 Å². The molecule has 0 aliphatic carbocycles. The van der Waals surface area contributed by atoms with E-state index in [-0.39, 0.29) is 18.5 Å². The Balaban J connectivity index is 1.95. The summed E-state index contributed by atoms with van der Waals surface area (Å²) in [6.07, 6.45) is 0. The van der Waals surface area contributed by atoms with Crippen LogP contribution < -0.4 is 10.1 Å². The fourth-order valence-electron chi connectivity index (χ4n) is 2.03. The average Bonchev–Trinajstić information content (AvgIpc) is 2.51. The molecular formula is C17H17FN2O. The number of nitriles is 1. The summed E-state index contributed by atoms with van der Waals surface area (Å²) in [5.41, 5.74) is 1.96. The maximum Gasteiger partial charge on any atom is 0.174 e. The second-order valence-corrected chi connectivity index (χ2v) is 4.75. The Kier molecular flexibility index (Phi) is 5.30. The highest BCUT2D eigenvalue weighted by Crippen LogP contribution is 2.16. The first-order valence-corrected chi connectivity index (χ1v) is 6.76. The topological polar surface area (TPSA) is 45.0 Å². The molecule has 2 aromatic rings. The molecule has 2 aromatic carbocycles. The Morgan fingerprint density at radius 2 is 2.05 bits per heavy atom. The van der Waals surface area contributed by atoms with E-state index in [0.29, 0.717) is 12.3 Å². The van der Waals surface area contributed by atoms with E-state index in [1.54, 1.807) is 6.07 Å². The molecule has 0 fully saturated rings. The molecule has 1 N–H and O–H groups in total. The van der Waals surface area contributed by atoms with Crippen molar-refractivity contribution in [1.29, 1.82) is 5.26 Å². The summed E-state index contributed by atoms with van der Waals surface area (Å²) in [7, 11) is 0. The Morgan fingerprint density at radius 1 is 1.24 bits per heavy atom. The maximum absolute atomic E-state index is 13.2. The normalized spacial score (nSPS) is 11.7. The van der Waals surface area contributed by atoms with E-state index in [1.165, 1.54) is 12.1 Å². The molecule has 0 aliphatic rings. The molecule has 0 bridgehead atoms. The second kappa shape index (κ2) is 7.41. The van der Waals surface area contributed by atoms with Gasteiger partial charge in [-0.3, -0.25) is 0 Å². The molecule has 0 saturated carbocycles. The standard InChI is InChI=1S/C17H17FN2O/c1-13(15-5-3-6-16(18)11-15)20-12-14-4-2-7-17(10-14)21-9-8-19/h2-7,10-11,13,20H,9,12H2,1H3/t13-/m1/s1. The van der Waals surface area contributed by atoms with Gasteiger partial charge in [-0.05, 0) is 42.3 Å². The van der Waals surface area contributed by atoms with Gasteiger partial charge >= 0.3 is 0 Å². The molecule has 108 valence electrons. The minimum Gasteiger partial charge on any atom is -0.479 e. The van der Waals surface area contributed by atoms with Gasteiger partial charge in [0.05, 0.1) is 0 Å². The fraction of sp³-hybridized carbons (Fsp3) is 0.235. The number of hydrogen-bond acceptors (Lipinski definition) is 3. The minimum atomic E-state index is -0.229. The van der Waals surface area contributed by atoms with E-state index in [2.05, 4.69) is 5.32 Å². The van der Waals surface area contributed by atoms with E-state index in [0.717, 1.165) is 11.1 Å². The SMILES string of the molecule is C[C@@H](NCc1cccc(OCC#N)c1)c1cccc(F)c1. The first-order chi connectivity index (χ1) is 10.2. The zero-order chi connectivity index (χ0) is 15.1. The van der Waals surface area contributed by atoms with Crippen molar-refractivity contribution in [3.8, 4) is 11.8 Å². The highest BCUT2D eigenvalue weighted by atomic mass is 19.1. The zero-order valence-corrected chi connectivity index (χ0v) is 11.8. The molecule has 0 radical (unpaired) electrons. The lowest BCUT2D eigenvalue weighted by Gasteiger charge is -2.15. The highest BCUT2D eigenvalue weighted by molar-refractivity contribution is 5.29. The lowest BCUT2D eigenvalue weighted by Crippen LogP contribution is -2.18. The number of halogens is 1. The van der Waals surface area contributed by atoms with Gasteiger partial charge in [-0.1, -0.05) is 24.3 Å². The fourth-order valence-corrected chi connectivity index (χ4v) is 2.03. The lowest BCUT2D eigenvalue weighted by atomic mass is 10.1. The molecule has 0 aliphatic heterocycles. The van der Waals surface area contributed by atoms with Gasteiger partial charge in [-0.25, -0.2) is 4.39 Å². The van der Waals surface area contributed by atoms with Crippen LogP contribution in [0.15, 0.2) is 48.5 Å². The number of benzene rings is 2. The van der Waals surface area contributed by atoms with Crippen molar-refractivity contribution in [3.63, 3.8) is 0 Å². The summed E-state index contributed by atoms with van der Waals surface area (Å²) in [6.45, 7) is 2.67. The monoisotopic (exact) mass is 284 g/mol. The van der Waals surface area contributed by atoms with E-state index in [1.807, 2.05) is 43.3 Å². The number of nitrogens with zero attached hydrogens (tertiary/aromatic N) is 1. The molecular weight excluding hydrogens is 267 g/mol. The van der Waals surface area contributed by atoms with Crippen LogP contribution in [0.2, 0.25) is 0 Å². The van der Waals surface area contributed by atoms with Gasteiger partial charge in [0.15, 0.2) is 6.61 Å². The summed E-state index contributed by atoms with van der Waals surface area (Å²) >= 11 is 0. The van der Waals surface area contributed by atoms with Crippen LogP contribution in [0.1, 0.15) is 24.1 Å². The molecule has 0 spiro atoms. The molecule has 4 heteroatoms. The van der Waals surface area contributed by atoms with Crippen LogP contribution in [-0.2, 0) is 6.54 Å². The summed E-state index contributed by atoms with van der Waals surface area (Å²) in [5, 5.41) is 11.8. The summed E-state index contributed by atoms with van der Waals surface area (Å²) < 4.78 is 18.5. The van der Waals surface area contributed by atoms with Gasteiger partial charge in [-0.15, -0.1) is 0 Å². The van der Waals surface area contributed by atoms with Crippen LogP contribution in [0.4, 0.5) is 4.39 Å². The number of nitrogens with one attached hydrogen (secondary N) is 1. The van der Waals surface area contributed by atoms with Gasteiger partial charge in [0.1, 0.15) is 17.6 Å². The Hall–Kier alpha value is -2.38. The van der Waals surface area contributed by atoms with Crippen LogP contribution in [0.5, 0.6) is 5.75 Å². The minimum absolute atomic E-state index is 0.0383. The van der Waals surface area contributed by atoms with Crippen LogP contribution >= 0.6 is 0 Å². The predicted molar refractivity (Wildman–Crippen MR) is 79.2 cm³/mol. The van der Waals surface area contributed by atoms with Gasteiger partial charge in [-0.2, -0.15) is 5.26 Å². The van der Waals surface area contributed by atoms with E-state index in [4.69, 9.17) is 10.00 Å². The molecule has 21 heavy (non-hydrogen) atoms. The van der Waals surface area contributed by atoms with Crippen molar-refractivity contribution >= 4 is 0 Å². The van der Waals surface area contributed by atoms with E-state index in [9.17, 15) is 4.39 Å². The Bertz CT molecular complexity index is 637. The first kappa shape index (κ1) is 15.0. The molecule has 3 nitrogen and oxygen atoms in total. The molecule has 2 rings (SSSR count). The van der Waals surface area contributed by atoms with E-state index >= 15 is 0 Å². The molecule has 0 amide bonds. The number of rotatable bonds is 6. The van der Waals surface area contributed by atoms with Crippen LogP contribution in [-0.4, -0.2) is 6.61 Å². The second-order valence-electron chi connectivity index (χ2n) is 4.75. The van der Waals surface area contributed by atoms with Crippen LogP contribution in [0.25, 0.3) is 0 Å². The van der Waals surface area contributed by atoms with Crippen LogP contribution in [0.3, 0.4) is 0 Å². The molecule has 0 aromatic heterocycles. The molecule has 0 unspecified atom stereocenters. The highest BCUT2D eigenvalue weighted by Gasteiger charge is 2.06. The molecule has 0 saturated heterocycles. The third-order valence-corrected chi connectivity index (χ3v) is 3.16. The van der Waals surface area contributed by atoms with Crippen molar-refractivity contribution in [2.75, 3.05) is 6.61 Å². The van der Waals surface area contributed by atoms with Crippen molar-refractivity contribution < 1.29 is 9.13 Å². The zero-order valence-electron chi connectivity index (χ0n) is 11.8. The molecule has 0 heterocycles. The number of ether oxygens (including phenoxy) is 1. The number of hydrogen-bond donors (Lipinski definition) is 1. The predicted octanol–water partition coefficient (Wildman–Crippen LogP) is 3.58. The summed E-state index contributed by atoms with van der Waals surface area (Å²) in [6, 6.07) is 16.1. The Morgan fingerprint density at radius 3 is 2.81 bits per heavy atom. The van der Waals surface area contributed by atoms with Crippen molar-refractivity contribution in [2.24, 2.45) is 0 Å². The maximum atomic E-state index is 13.2. The summed E-state index contributed by atoms with van der Waals surface area (Å²) in [5.74, 6) is 0.447. The lowest BCUT2D eigenvalue weighted by molar-refractivity contribution is 0.367. The largest absolute Gasteiger partial charge is 0.479 e. The van der Waals surface area contributed by atoms with Crippen molar-refractivity contribution in [3.05, 3.63) is 65.5 Å². The summed E-state index contributed by atoms with van der Waals surface area (Å²) in [4.78, 5) is 0. The van der Waals surface area contributed by atoms with Gasteiger partial charge < -0.3 is 10.1 Å². The Labute approximate surface area is 124 Å². The van der Waals surface area contributed by atoms with Crippen molar-refractivity contribution in [2.45, 2.75) is 19.5 Å². The third-order valence-electron chi connectivity index (χ3n) is 3.16. The van der Waals surface area contributed by atoms with Gasteiger partial charge in [0.25, 0.3) is 0 Å². The first-order valence-electron chi connectivity index (χ1n) is 6.76. The van der Waals surface area contributed by atoms with E-state index < -0.39 is 0 Å². The quantitative estimate of drug-likeness (QED) is 0.882. The van der Waals surface area contributed by atoms with Gasteiger partial charge in [0.2, 0.25) is 0 Å². The molecule has 1 atom stereocenters. The van der Waals surface area contributed by atoms with Crippen LogP contribution in [0, 0.1) is 17.1 Å². The average molecular weight is 284 g/mol.